The van der Waals surface area contributed by atoms with Crippen LogP contribution >= 0.6 is 8.20 Å². The Morgan fingerprint density at radius 2 is 2.04 bits per heavy atom. The van der Waals surface area contributed by atoms with Gasteiger partial charge in [0.15, 0.2) is 0 Å². The summed E-state index contributed by atoms with van der Waals surface area (Å²) in [6.45, 7) is 0.763. The summed E-state index contributed by atoms with van der Waals surface area (Å²) in [5.41, 5.74) is 11.8. The first kappa shape index (κ1) is 16.0. The molecule has 0 unspecified atom stereocenters. The highest BCUT2D eigenvalue weighted by molar-refractivity contribution is 7.48. The van der Waals surface area contributed by atoms with Crippen molar-refractivity contribution in [3.8, 4) is 0 Å². The number of benzene rings is 2. The quantitative estimate of drug-likeness (QED) is 0.809. The van der Waals surface area contributed by atoms with Crippen molar-refractivity contribution in [3.63, 3.8) is 0 Å². The number of fused-ring (bicyclic) bond motifs is 5. The third-order valence-corrected chi connectivity index (χ3v) is 6.65. The maximum Gasteiger partial charge on any atom is -0.00173 e. The Morgan fingerprint density at radius 1 is 1.12 bits per heavy atom. The van der Waals surface area contributed by atoms with E-state index in [-0.39, 0.29) is 0 Å². The maximum atomic E-state index is 5.91. The van der Waals surface area contributed by atoms with Gasteiger partial charge in [0.25, 0.3) is 0 Å². The van der Waals surface area contributed by atoms with E-state index in [1.165, 1.54) is 46.1 Å². The van der Waals surface area contributed by atoms with Crippen LogP contribution in [0, 0.1) is 5.92 Å². The summed E-state index contributed by atoms with van der Waals surface area (Å²) in [5.74, 6) is 5.31. The lowest BCUT2D eigenvalue weighted by molar-refractivity contribution is 0.556. The summed E-state index contributed by atoms with van der Waals surface area (Å²) in [4.78, 5) is 0. The highest BCUT2D eigenvalue weighted by atomic mass is 31.1. The molecule has 1 aliphatic heterocycles. The predicted molar refractivity (Wildman–Crippen MR) is 115 cm³/mol. The van der Waals surface area contributed by atoms with Gasteiger partial charge in [-0.25, -0.2) is 0 Å². The second kappa shape index (κ2) is 6.50. The molecule has 1 heterocycles. The van der Waals surface area contributed by atoms with E-state index in [1.54, 1.807) is 5.57 Å². The normalized spacial score (nSPS) is 21.5. The Hall–Kier alpha value is -2.21. The van der Waals surface area contributed by atoms with E-state index < -0.39 is 0 Å². The van der Waals surface area contributed by atoms with Gasteiger partial charge >= 0.3 is 0 Å². The van der Waals surface area contributed by atoms with Crippen molar-refractivity contribution in [1.29, 1.82) is 0 Å². The van der Waals surface area contributed by atoms with Gasteiger partial charge in [-0.2, -0.15) is 0 Å². The minimum absolute atomic E-state index is 0.591. The van der Waals surface area contributed by atoms with Gasteiger partial charge in [-0.15, -0.1) is 0 Å². The maximum absolute atomic E-state index is 5.91. The highest BCUT2D eigenvalue weighted by Gasteiger charge is 2.26. The van der Waals surface area contributed by atoms with Crippen LogP contribution in [-0.4, -0.2) is 12.3 Å². The molecular weight excluding hydrogens is 333 g/mol. The summed E-state index contributed by atoms with van der Waals surface area (Å²) in [7, 11) is 1.27. The van der Waals surface area contributed by atoms with E-state index in [9.17, 15) is 0 Å². The van der Waals surface area contributed by atoms with Crippen molar-refractivity contribution >= 4 is 36.2 Å². The third-order valence-electron chi connectivity index (χ3n) is 5.80. The Balaban J connectivity index is 1.92. The van der Waals surface area contributed by atoms with E-state index in [4.69, 9.17) is 5.73 Å². The molecule has 128 valence electrons. The van der Waals surface area contributed by atoms with Crippen LogP contribution in [0.1, 0.15) is 19.3 Å². The fourth-order valence-corrected chi connectivity index (χ4v) is 5.43. The number of hydrogen-bond donors (Lipinski definition) is 1. The molecule has 0 amide bonds. The summed E-state index contributed by atoms with van der Waals surface area (Å²) < 4.78 is 0. The first-order valence-electron chi connectivity index (χ1n) is 9.43. The SMILES string of the molecule is NCC[C@H]1CC=CC2=C1CC=C1C=PC=c3ccc4ccccc4c3=C12. The van der Waals surface area contributed by atoms with Gasteiger partial charge in [-0.1, -0.05) is 68.4 Å². The molecule has 0 saturated heterocycles. The molecule has 5 rings (SSSR count). The second-order valence-electron chi connectivity index (χ2n) is 7.25. The summed E-state index contributed by atoms with van der Waals surface area (Å²) >= 11 is 0. The standard InChI is InChI=1S/C24H22NP/c25-13-12-17-5-3-7-22-20(17)11-10-19-15-26-14-18-9-8-16-4-1-2-6-21(16)23(18)24(19)22/h1-4,6-10,14-15,17H,5,11-13,25H2/t17-/m1/s1. The van der Waals surface area contributed by atoms with Crippen molar-refractivity contribution in [3.05, 3.63) is 81.8 Å². The molecule has 26 heavy (non-hydrogen) atoms. The Labute approximate surface area is 155 Å². The predicted octanol–water partition coefficient (Wildman–Crippen LogP) is 4.04. The molecule has 2 heteroatoms. The van der Waals surface area contributed by atoms with Gasteiger partial charge in [0.1, 0.15) is 0 Å². The molecule has 3 aliphatic rings. The monoisotopic (exact) mass is 355 g/mol. The number of rotatable bonds is 2. The van der Waals surface area contributed by atoms with Crippen LogP contribution in [0.3, 0.4) is 0 Å². The lowest BCUT2D eigenvalue weighted by atomic mass is 9.75. The van der Waals surface area contributed by atoms with Gasteiger partial charge in [0, 0.05) is 0 Å². The molecule has 0 aromatic heterocycles. The van der Waals surface area contributed by atoms with Gasteiger partial charge in [-0.05, 0) is 81.3 Å². The third kappa shape index (κ3) is 2.47. The van der Waals surface area contributed by atoms with Crippen LogP contribution < -0.4 is 16.2 Å². The highest BCUT2D eigenvalue weighted by Crippen LogP contribution is 2.40. The van der Waals surface area contributed by atoms with Crippen LogP contribution in [0.25, 0.3) is 22.2 Å². The van der Waals surface area contributed by atoms with E-state index in [2.05, 4.69) is 66.2 Å². The van der Waals surface area contributed by atoms with Crippen molar-refractivity contribution in [2.75, 3.05) is 6.54 Å². The first-order chi connectivity index (χ1) is 12.9. The molecule has 2 aromatic carbocycles. The molecule has 0 radical (unpaired) electrons. The van der Waals surface area contributed by atoms with Crippen LogP contribution in [-0.2, 0) is 0 Å². The van der Waals surface area contributed by atoms with E-state index in [0.717, 1.165) is 25.8 Å². The van der Waals surface area contributed by atoms with Crippen LogP contribution in [0.4, 0.5) is 0 Å². The molecular formula is C24H22NP. The minimum Gasteiger partial charge on any atom is -0.330 e. The summed E-state index contributed by atoms with van der Waals surface area (Å²) in [6, 6.07) is 13.3. The Bertz CT molecular complexity index is 1140. The summed E-state index contributed by atoms with van der Waals surface area (Å²) in [5, 5.41) is 5.43. The average molecular weight is 355 g/mol. The van der Waals surface area contributed by atoms with E-state index >= 15 is 0 Å². The zero-order valence-electron chi connectivity index (χ0n) is 14.8. The minimum atomic E-state index is 0.591. The zero-order chi connectivity index (χ0) is 17.5. The lowest BCUT2D eigenvalue weighted by Crippen LogP contribution is -2.30. The molecule has 1 atom stereocenters. The molecule has 0 spiro atoms. The molecule has 2 aromatic rings. The lowest BCUT2D eigenvalue weighted by Gasteiger charge is -2.29. The molecule has 0 saturated carbocycles. The van der Waals surface area contributed by atoms with Crippen molar-refractivity contribution < 1.29 is 0 Å². The van der Waals surface area contributed by atoms with Crippen LogP contribution in [0.15, 0.2) is 71.3 Å². The fourth-order valence-electron chi connectivity index (χ4n) is 4.58. The molecule has 2 aliphatic carbocycles. The van der Waals surface area contributed by atoms with Crippen LogP contribution in [0.2, 0.25) is 0 Å². The molecule has 0 fully saturated rings. The Morgan fingerprint density at radius 3 is 2.96 bits per heavy atom. The van der Waals surface area contributed by atoms with Crippen molar-refractivity contribution in [2.45, 2.75) is 19.3 Å². The van der Waals surface area contributed by atoms with E-state index in [1.807, 2.05) is 0 Å². The summed E-state index contributed by atoms with van der Waals surface area (Å²) in [6.07, 6.45) is 10.4. The molecule has 0 bridgehead atoms. The van der Waals surface area contributed by atoms with Crippen LogP contribution in [0.5, 0.6) is 0 Å². The van der Waals surface area contributed by atoms with Gasteiger partial charge in [-0.3, -0.25) is 0 Å². The van der Waals surface area contributed by atoms with Crippen molar-refractivity contribution in [1.82, 2.24) is 0 Å². The fraction of sp³-hybridized carbons (Fsp3) is 0.208. The van der Waals surface area contributed by atoms with Gasteiger partial charge in [0.2, 0.25) is 0 Å². The number of hydrogen-bond acceptors (Lipinski definition) is 1. The number of allylic oxidation sites excluding steroid dienone is 6. The molecule has 1 nitrogen and oxygen atoms in total. The van der Waals surface area contributed by atoms with E-state index in [0.29, 0.717) is 5.92 Å². The average Bonchev–Trinajstić information content (AvgIpc) is 2.88. The Kier molecular flexibility index (Phi) is 4.00. The first-order valence-corrected chi connectivity index (χ1v) is 10.5. The number of nitrogens with two attached hydrogens (primary N) is 1. The topological polar surface area (TPSA) is 26.0 Å². The van der Waals surface area contributed by atoms with Crippen molar-refractivity contribution in [2.24, 2.45) is 11.7 Å². The zero-order valence-corrected chi connectivity index (χ0v) is 15.7. The smallest absolute Gasteiger partial charge is 0.00173 e. The molecule has 2 N–H and O–H groups in total. The second-order valence-corrected chi connectivity index (χ2v) is 8.06. The van der Waals surface area contributed by atoms with Gasteiger partial charge in [0.05, 0.1) is 0 Å². The van der Waals surface area contributed by atoms with Gasteiger partial charge < -0.3 is 5.73 Å². The largest absolute Gasteiger partial charge is 0.330 e.